The zero-order chi connectivity index (χ0) is 12.3. The van der Waals surface area contributed by atoms with Crippen molar-refractivity contribution in [1.82, 2.24) is 10.2 Å². The number of piperidine rings is 1. The van der Waals surface area contributed by atoms with E-state index in [-0.39, 0.29) is 11.9 Å². The molecule has 0 bridgehead atoms. The smallest absolute Gasteiger partial charge is 0.309 e. The van der Waals surface area contributed by atoms with Gasteiger partial charge in [-0.15, -0.1) is 0 Å². The molecule has 17 heavy (non-hydrogen) atoms. The number of ether oxygens (including phenoxy) is 1. The largest absolute Gasteiger partial charge is 0.469 e. The molecule has 3 atom stereocenters. The van der Waals surface area contributed by atoms with Gasteiger partial charge in [0.15, 0.2) is 0 Å². The molecule has 0 aromatic carbocycles. The highest BCUT2D eigenvalue weighted by Gasteiger charge is 2.35. The molecule has 2 saturated heterocycles. The second-order valence-corrected chi connectivity index (χ2v) is 5.33. The minimum absolute atomic E-state index is 0.0439. The van der Waals surface area contributed by atoms with Gasteiger partial charge in [-0.1, -0.05) is 13.3 Å². The lowest BCUT2D eigenvalue weighted by molar-refractivity contribution is -0.144. The number of methoxy groups -OCH3 is 1. The molecule has 2 aliphatic rings. The number of nitrogens with zero attached hydrogens (tertiary/aromatic N) is 1. The van der Waals surface area contributed by atoms with Gasteiger partial charge in [0.2, 0.25) is 0 Å². The van der Waals surface area contributed by atoms with Gasteiger partial charge in [-0.05, 0) is 25.8 Å². The third-order valence-corrected chi connectivity index (χ3v) is 4.15. The standard InChI is InChI=1S/C13H24N2O2/c1-10(13(16)17-2)9-14-11-6-8-15-7-4-3-5-12(11)15/h10-12,14H,3-9H2,1-2H3. The molecule has 0 aromatic rings. The molecular formula is C13H24N2O2. The van der Waals surface area contributed by atoms with Gasteiger partial charge in [0, 0.05) is 25.2 Å². The van der Waals surface area contributed by atoms with E-state index in [0.717, 1.165) is 6.54 Å². The molecule has 0 aromatic heterocycles. The van der Waals surface area contributed by atoms with Gasteiger partial charge in [-0.2, -0.15) is 0 Å². The van der Waals surface area contributed by atoms with Gasteiger partial charge in [0.25, 0.3) is 0 Å². The SMILES string of the molecule is COC(=O)C(C)CNC1CCN2CCCCC12. The Kier molecular flexibility index (Phi) is 4.40. The van der Waals surface area contributed by atoms with Crippen LogP contribution in [-0.2, 0) is 9.53 Å². The second kappa shape index (κ2) is 5.83. The average molecular weight is 240 g/mol. The van der Waals surface area contributed by atoms with E-state index in [0.29, 0.717) is 12.1 Å². The maximum atomic E-state index is 11.3. The summed E-state index contributed by atoms with van der Waals surface area (Å²) in [5.74, 6) is -0.159. The first kappa shape index (κ1) is 12.8. The van der Waals surface area contributed by atoms with Crippen molar-refractivity contribution in [2.75, 3.05) is 26.7 Å². The molecule has 0 radical (unpaired) electrons. The number of carbonyl (C=O) groups is 1. The van der Waals surface area contributed by atoms with Crippen LogP contribution in [0.15, 0.2) is 0 Å². The number of carbonyl (C=O) groups excluding carboxylic acids is 1. The Morgan fingerprint density at radius 1 is 1.41 bits per heavy atom. The third kappa shape index (κ3) is 2.99. The first-order chi connectivity index (χ1) is 8.22. The van der Waals surface area contributed by atoms with Crippen LogP contribution < -0.4 is 5.32 Å². The minimum Gasteiger partial charge on any atom is -0.469 e. The molecule has 0 saturated carbocycles. The molecule has 0 spiro atoms. The van der Waals surface area contributed by atoms with E-state index in [2.05, 4.69) is 10.2 Å². The van der Waals surface area contributed by atoms with Crippen LogP contribution in [0, 0.1) is 5.92 Å². The van der Waals surface area contributed by atoms with E-state index in [4.69, 9.17) is 4.74 Å². The predicted octanol–water partition coefficient (Wildman–Crippen LogP) is 1.01. The van der Waals surface area contributed by atoms with Crippen LogP contribution >= 0.6 is 0 Å². The summed E-state index contributed by atoms with van der Waals surface area (Å²) in [5, 5.41) is 3.55. The molecule has 98 valence electrons. The van der Waals surface area contributed by atoms with Crippen molar-refractivity contribution >= 4 is 5.97 Å². The van der Waals surface area contributed by atoms with Crippen molar-refractivity contribution in [3.8, 4) is 0 Å². The van der Waals surface area contributed by atoms with Crippen LogP contribution in [0.2, 0.25) is 0 Å². The Labute approximate surface area is 104 Å². The quantitative estimate of drug-likeness (QED) is 0.745. The summed E-state index contributed by atoms with van der Waals surface area (Å²) in [6.45, 7) is 5.14. The molecule has 1 N–H and O–H groups in total. The Bertz CT molecular complexity index is 270. The number of nitrogens with one attached hydrogen (secondary N) is 1. The van der Waals surface area contributed by atoms with Crippen molar-refractivity contribution in [3.05, 3.63) is 0 Å². The van der Waals surface area contributed by atoms with Gasteiger partial charge < -0.3 is 10.1 Å². The molecule has 4 nitrogen and oxygen atoms in total. The minimum atomic E-state index is -0.115. The molecule has 2 fully saturated rings. The second-order valence-electron chi connectivity index (χ2n) is 5.33. The monoisotopic (exact) mass is 240 g/mol. The van der Waals surface area contributed by atoms with E-state index in [1.165, 1.54) is 45.9 Å². The molecule has 0 amide bonds. The zero-order valence-electron chi connectivity index (χ0n) is 10.9. The van der Waals surface area contributed by atoms with Gasteiger partial charge in [0.05, 0.1) is 13.0 Å². The van der Waals surface area contributed by atoms with Crippen LogP contribution in [0.25, 0.3) is 0 Å². The highest BCUT2D eigenvalue weighted by molar-refractivity contribution is 5.72. The van der Waals surface area contributed by atoms with Crippen LogP contribution in [-0.4, -0.2) is 49.7 Å². The Balaban J connectivity index is 1.77. The average Bonchev–Trinajstić information content (AvgIpc) is 2.78. The number of hydrogen-bond donors (Lipinski definition) is 1. The molecule has 4 heteroatoms. The molecule has 2 rings (SSSR count). The van der Waals surface area contributed by atoms with E-state index < -0.39 is 0 Å². The van der Waals surface area contributed by atoms with Crippen molar-refractivity contribution < 1.29 is 9.53 Å². The summed E-state index contributed by atoms with van der Waals surface area (Å²) in [5.41, 5.74) is 0. The fourth-order valence-electron chi connectivity index (χ4n) is 3.10. The van der Waals surface area contributed by atoms with Crippen molar-refractivity contribution in [3.63, 3.8) is 0 Å². The lowest BCUT2D eigenvalue weighted by Gasteiger charge is -2.33. The van der Waals surface area contributed by atoms with Crippen molar-refractivity contribution in [1.29, 1.82) is 0 Å². The first-order valence-electron chi connectivity index (χ1n) is 6.77. The van der Waals surface area contributed by atoms with Gasteiger partial charge in [0.1, 0.15) is 0 Å². The number of esters is 1. The fraction of sp³-hybridized carbons (Fsp3) is 0.923. The summed E-state index contributed by atoms with van der Waals surface area (Å²) in [4.78, 5) is 13.9. The predicted molar refractivity (Wildman–Crippen MR) is 66.8 cm³/mol. The number of rotatable bonds is 4. The molecule has 3 unspecified atom stereocenters. The van der Waals surface area contributed by atoms with Crippen LogP contribution in [0.4, 0.5) is 0 Å². The molecule has 2 heterocycles. The lowest BCUT2D eigenvalue weighted by atomic mass is 9.98. The van der Waals surface area contributed by atoms with Crippen LogP contribution in [0.1, 0.15) is 32.6 Å². The van der Waals surface area contributed by atoms with Gasteiger partial charge in [-0.3, -0.25) is 9.69 Å². The maximum Gasteiger partial charge on any atom is 0.309 e. The van der Waals surface area contributed by atoms with E-state index >= 15 is 0 Å². The maximum absolute atomic E-state index is 11.3. The van der Waals surface area contributed by atoms with Gasteiger partial charge >= 0.3 is 5.97 Å². The number of fused-ring (bicyclic) bond motifs is 1. The van der Waals surface area contributed by atoms with Crippen molar-refractivity contribution in [2.45, 2.75) is 44.7 Å². The Morgan fingerprint density at radius 3 is 3.00 bits per heavy atom. The van der Waals surface area contributed by atoms with E-state index in [9.17, 15) is 4.79 Å². The topological polar surface area (TPSA) is 41.6 Å². The van der Waals surface area contributed by atoms with Gasteiger partial charge in [-0.25, -0.2) is 0 Å². The van der Waals surface area contributed by atoms with E-state index in [1.54, 1.807) is 0 Å². The highest BCUT2D eigenvalue weighted by Crippen LogP contribution is 2.27. The van der Waals surface area contributed by atoms with E-state index in [1.807, 2.05) is 6.92 Å². The normalized spacial score (nSPS) is 30.9. The first-order valence-corrected chi connectivity index (χ1v) is 6.77. The summed E-state index contributed by atoms with van der Waals surface area (Å²) in [6, 6.07) is 1.27. The Hall–Kier alpha value is -0.610. The van der Waals surface area contributed by atoms with Crippen LogP contribution in [0.3, 0.4) is 0 Å². The summed E-state index contributed by atoms with van der Waals surface area (Å²) < 4.78 is 4.74. The lowest BCUT2D eigenvalue weighted by Crippen LogP contribution is -2.46. The van der Waals surface area contributed by atoms with Crippen LogP contribution in [0.5, 0.6) is 0 Å². The summed E-state index contributed by atoms with van der Waals surface area (Å²) in [6.07, 6.45) is 5.23. The molecule has 2 aliphatic heterocycles. The molecule has 0 aliphatic carbocycles. The highest BCUT2D eigenvalue weighted by atomic mass is 16.5. The van der Waals surface area contributed by atoms with Crippen molar-refractivity contribution in [2.24, 2.45) is 5.92 Å². The summed E-state index contributed by atoms with van der Waals surface area (Å²) in [7, 11) is 1.46. The fourth-order valence-corrected chi connectivity index (χ4v) is 3.10. The number of hydrogen-bond acceptors (Lipinski definition) is 4. The zero-order valence-corrected chi connectivity index (χ0v) is 10.9. The Morgan fingerprint density at radius 2 is 2.24 bits per heavy atom. The summed E-state index contributed by atoms with van der Waals surface area (Å²) >= 11 is 0. The third-order valence-electron chi connectivity index (χ3n) is 4.15. The molecular weight excluding hydrogens is 216 g/mol.